The van der Waals surface area contributed by atoms with Gasteiger partial charge in [-0.1, -0.05) is 0 Å². The molecule has 4 rings (SSSR count). The summed E-state index contributed by atoms with van der Waals surface area (Å²) in [4.78, 5) is 0. The maximum Gasteiger partial charge on any atom is 0.119 e. The van der Waals surface area contributed by atoms with Gasteiger partial charge in [0.05, 0.1) is 19.8 Å². The highest BCUT2D eigenvalue weighted by molar-refractivity contribution is 14.1. The number of nitrogens with zero attached hydrogens (tertiary/aromatic N) is 1. The summed E-state index contributed by atoms with van der Waals surface area (Å²) in [6, 6.07) is 20.7. The second kappa shape index (κ2) is 8.46. The number of rotatable bonds is 6. The van der Waals surface area contributed by atoms with Crippen molar-refractivity contribution < 1.29 is 9.84 Å². The first-order chi connectivity index (χ1) is 13.5. The lowest BCUT2D eigenvalue weighted by atomic mass is 10.2. The molecule has 0 saturated carbocycles. The van der Waals surface area contributed by atoms with E-state index in [1.807, 2.05) is 24.3 Å². The number of aliphatic hydroxyl groups is 1. The van der Waals surface area contributed by atoms with E-state index < -0.39 is 6.10 Å². The Bertz CT molecular complexity index is 1060. The summed E-state index contributed by atoms with van der Waals surface area (Å²) in [5.74, 6) is 0.820. The van der Waals surface area contributed by atoms with Gasteiger partial charge in [0.1, 0.15) is 5.75 Å². The first kappa shape index (κ1) is 19.8. The quantitative estimate of drug-likeness (QED) is 0.289. The fourth-order valence-corrected chi connectivity index (χ4v) is 4.45. The number of fused-ring (bicyclic) bond motifs is 3. The predicted molar refractivity (Wildman–Crippen MR) is 132 cm³/mol. The van der Waals surface area contributed by atoms with Crippen LogP contribution in [0.3, 0.4) is 0 Å². The number of aliphatic hydroxyl groups excluding tert-OH is 1. The molecule has 3 aromatic carbocycles. The van der Waals surface area contributed by atoms with E-state index >= 15 is 0 Å². The fraction of sp³-hybridized carbons (Fsp3) is 0.182. The molecule has 0 aliphatic rings. The van der Waals surface area contributed by atoms with Crippen LogP contribution in [-0.4, -0.2) is 29.4 Å². The van der Waals surface area contributed by atoms with Gasteiger partial charge in [-0.2, -0.15) is 0 Å². The SMILES string of the molecule is COc1ccc(NC[C@H](O)Cn2c3ccc(I)cc3c3cc(I)ccc32)cc1. The van der Waals surface area contributed by atoms with Crippen LogP contribution in [-0.2, 0) is 6.54 Å². The molecule has 4 nitrogen and oxygen atoms in total. The maximum atomic E-state index is 10.7. The minimum absolute atomic E-state index is 0.474. The Morgan fingerprint density at radius 3 is 2.04 bits per heavy atom. The summed E-state index contributed by atoms with van der Waals surface area (Å²) in [6.07, 6.45) is -0.514. The molecule has 144 valence electrons. The Labute approximate surface area is 191 Å². The lowest BCUT2D eigenvalue weighted by Gasteiger charge is -2.16. The number of benzene rings is 3. The van der Waals surface area contributed by atoms with Gasteiger partial charge in [-0.3, -0.25) is 0 Å². The van der Waals surface area contributed by atoms with Crippen LogP contribution in [0.2, 0.25) is 0 Å². The third-order valence-corrected chi connectivity index (χ3v) is 6.16. The fourth-order valence-electron chi connectivity index (χ4n) is 3.47. The van der Waals surface area contributed by atoms with E-state index in [1.54, 1.807) is 7.11 Å². The van der Waals surface area contributed by atoms with Crippen LogP contribution in [0.1, 0.15) is 0 Å². The average Bonchev–Trinajstić information content (AvgIpc) is 2.99. The molecule has 0 saturated heterocycles. The highest BCUT2D eigenvalue weighted by Gasteiger charge is 2.14. The Hall–Kier alpha value is -1.52. The molecule has 0 aliphatic carbocycles. The number of nitrogens with one attached hydrogen (secondary N) is 1. The van der Waals surface area contributed by atoms with E-state index in [9.17, 15) is 5.11 Å². The Morgan fingerprint density at radius 2 is 1.50 bits per heavy atom. The number of hydrogen-bond donors (Lipinski definition) is 2. The molecule has 0 unspecified atom stereocenters. The Kier molecular flexibility index (Phi) is 5.98. The first-order valence-electron chi connectivity index (χ1n) is 8.98. The molecule has 28 heavy (non-hydrogen) atoms. The van der Waals surface area contributed by atoms with Gasteiger partial charge in [0.15, 0.2) is 0 Å². The normalized spacial score (nSPS) is 12.4. The molecule has 1 heterocycles. The summed E-state index contributed by atoms with van der Waals surface area (Å²) in [6.45, 7) is 1.01. The van der Waals surface area contributed by atoms with E-state index in [4.69, 9.17) is 4.74 Å². The Morgan fingerprint density at radius 1 is 0.929 bits per heavy atom. The van der Waals surface area contributed by atoms with Crippen LogP contribution < -0.4 is 10.1 Å². The van der Waals surface area contributed by atoms with Gasteiger partial charge in [-0.05, 0) is 106 Å². The summed E-state index contributed by atoms with van der Waals surface area (Å²) in [5, 5.41) is 16.5. The van der Waals surface area contributed by atoms with Crippen LogP contribution in [0.4, 0.5) is 5.69 Å². The average molecular weight is 598 g/mol. The summed E-state index contributed by atoms with van der Waals surface area (Å²) in [7, 11) is 1.65. The van der Waals surface area contributed by atoms with Gasteiger partial charge in [0, 0.05) is 41.2 Å². The lowest BCUT2D eigenvalue weighted by molar-refractivity contribution is 0.169. The molecule has 0 amide bonds. The number of halogens is 2. The van der Waals surface area contributed by atoms with Crippen molar-refractivity contribution in [1.29, 1.82) is 0 Å². The molecule has 0 bridgehead atoms. The number of ether oxygens (including phenoxy) is 1. The topological polar surface area (TPSA) is 46.4 Å². The molecule has 0 fully saturated rings. The predicted octanol–water partition coefficient (Wildman–Crippen LogP) is 5.49. The highest BCUT2D eigenvalue weighted by atomic mass is 127. The van der Waals surface area contributed by atoms with Gasteiger partial charge in [-0.15, -0.1) is 0 Å². The van der Waals surface area contributed by atoms with E-state index in [0.29, 0.717) is 13.1 Å². The monoisotopic (exact) mass is 598 g/mol. The number of methoxy groups -OCH3 is 1. The summed E-state index contributed by atoms with van der Waals surface area (Å²) in [5.41, 5.74) is 3.27. The Balaban J connectivity index is 1.59. The van der Waals surface area contributed by atoms with E-state index in [0.717, 1.165) is 22.5 Å². The van der Waals surface area contributed by atoms with Crippen LogP contribution in [0, 0.1) is 7.14 Å². The summed E-state index contributed by atoms with van der Waals surface area (Å²) < 4.78 is 9.83. The van der Waals surface area contributed by atoms with Gasteiger partial charge in [0.2, 0.25) is 0 Å². The van der Waals surface area contributed by atoms with Crippen molar-refractivity contribution in [3.8, 4) is 5.75 Å². The van der Waals surface area contributed by atoms with Crippen molar-refractivity contribution in [2.24, 2.45) is 0 Å². The molecule has 2 N–H and O–H groups in total. The van der Waals surface area contributed by atoms with Crippen molar-refractivity contribution in [1.82, 2.24) is 4.57 Å². The van der Waals surface area contributed by atoms with Gasteiger partial charge >= 0.3 is 0 Å². The van der Waals surface area contributed by atoms with Crippen molar-refractivity contribution >= 4 is 72.7 Å². The number of aromatic nitrogens is 1. The molecule has 1 aromatic heterocycles. The second-order valence-corrected chi connectivity index (χ2v) is 9.19. The first-order valence-corrected chi connectivity index (χ1v) is 11.1. The zero-order valence-corrected chi connectivity index (χ0v) is 19.6. The third kappa shape index (κ3) is 4.08. The van der Waals surface area contributed by atoms with E-state index in [2.05, 4.69) is 91.5 Å². The van der Waals surface area contributed by atoms with E-state index in [1.165, 1.54) is 17.9 Å². The van der Waals surface area contributed by atoms with Gasteiger partial charge in [-0.25, -0.2) is 0 Å². The van der Waals surface area contributed by atoms with Gasteiger partial charge < -0.3 is 19.7 Å². The van der Waals surface area contributed by atoms with Crippen LogP contribution in [0.5, 0.6) is 5.75 Å². The largest absolute Gasteiger partial charge is 0.497 e. The van der Waals surface area contributed by atoms with Crippen molar-refractivity contribution in [2.45, 2.75) is 12.6 Å². The number of anilines is 1. The molecule has 0 aliphatic heterocycles. The lowest BCUT2D eigenvalue weighted by Crippen LogP contribution is -2.24. The smallest absolute Gasteiger partial charge is 0.119 e. The summed E-state index contributed by atoms with van der Waals surface area (Å²) >= 11 is 4.70. The molecule has 0 spiro atoms. The molecule has 6 heteroatoms. The minimum atomic E-state index is -0.514. The molecular weight excluding hydrogens is 578 g/mol. The van der Waals surface area contributed by atoms with Crippen LogP contribution in [0.25, 0.3) is 21.8 Å². The standard InChI is InChI=1S/C22H20I2N2O2/c1-28-18-6-4-16(5-7-18)25-12-17(27)13-26-21-8-2-14(23)10-19(21)20-11-15(24)3-9-22(20)26/h2-11,17,25,27H,12-13H2,1H3/t17-/m0/s1. The minimum Gasteiger partial charge on any atom is -0.497 e. The second-order valence-electron chi connectivity index (χ2n) is 6.70. The molecule has 4 aromatic rings. The molecular formula is C22H20I2N2O2. The number of hydrogen-bond acceptors (Lipinski definition) is 3. The van der Waals surface area contributed by atoms with Crippen molar-refractivity contribution in [3.63, 3.8) is 0 Å². The highest BCUT2D eigenvalue weighted by Crippen LogP contribution is 2.31. The van der Waals surface area contributed by atoms with Crippen LogP contribution in [0.15, 0.2) is 60.7 Å². The molecule has 0 radical (unpaired) electrons. The zero-order valence-electron chi connectivity index (χ0n) is 15.3. The van der Waals surface area contributed by atoms with Crippen molar-refractivity contribution in [2.75, 3.05) is 19.0 Å². The van der Waals surface area contributed by atoms with Crippen molar-refractivity contribution in [3.05, 3.63) is 67.8 Å². The third-order valence-electron chi connectivity index (χ3n) is 4.81. The van der Waals surface area contributed by atoms with Crippen LogP contribution >= 0.6 is 45.2 Å². The van der Waals surface area contributed by atoms with E-state index in [-0.39, 0.29) is 0 Å². The van der Waals surface area contributed by atoms with Gasteiger partial charge in [0.25, 0.3) is 0 Å². The maximum absolute atomic E-state index is 10.7. The zero-order chi connectivity index (χ0) is 19.7. The molecule has 1 atom stereocenters.